The van der Waals surface area contributed by atoms with Crippen LogP contribution in [0, 0.1) is 6.92 Å². The van der Waals surface area contributed by atoms with Gasteiger partial charge in [-0.25, -0.2) is 0 Å². The van der Waals surface area contributed by atoms with Gasteiger partial charge in [-0.3, -0.25) is 0 Å². The van der Waals surface area contributed by atoms with Gasteiger partial charge in [0.15, 0.2) is 0 Å². The minimum atomic E-state index is -0.664. The molecule has 1 rings (SSSR count). The number of hydrogen-bond acceptors (Lipinski definition) is 4. The van der Waals surface area contributed by atoms with E-state index in [1.165, 1.54) is 0 Å². The van der Waals surface area contributed by atoms with Gasteiger partial charge in [0, 0.05) is 5.56 Å². The smallest absolute Gasteiger partial charge is 0.127 e. The van der Waals surface area contributed by atoms with E-state index in [9.17, 15) is 5.11 Å². The minimum absolute atomic E-state index is 0.0426. The second-order valence-electron chi connectivity index (χ2n) is 4.96. The van der Waals surface area contributed by atoms with Crippen molar-refractivity contribution < 1.29 is 19.7 Å². The number of benzene rings is 1. The van der Waals surface area contributed by atoms with Crippen molar-refractivity contribution in [3.63, 3.8) is 0 Å². The first-order chi connectivity index (χ1) is 8.93. The first-order valence-electron chi connectivity index (χ1n) is 6.19. The molecule has 4 nitrogen and oxygen atoms in total. The lowest BCUT2D eigenvalue weighted by atomic mass is 10.1. The Balaban J connectivity index is 3.20. The number of aryl methyl sites for hydroxylation is 1. The fraction of sp³-hybridized carbons (Fsp3) is 0.467. The van der Waals surface area contributed by atoms with E-state index >= 15 is 0 Å². The molecule has 0 aliphatic heterocycles. The lowest BCUT2D eigenvalue weighted by Crippen LogP contribution is -2.32. The molecule has 0 heterocycles. The quantitative estimate of drug-likeness (QED) is 0.828. The fourth-order valence-corrected chi connectivity index (χ4v) is 1.63. The molecule has 0 aliphatic rings. The molecule has 0 amide bonds. The number of ether oxygens (including phenoxy) is 2. The summed E-state index contributed by atoms with van der Waals surface area (Å²) >= 11 is 0. The summed E-state index contributed by atoms with van der Waals surface area (Å²) in [6, 6.07) is 3.72. The zero-order valence-corrected chi connectivity index (χ0v) is 11.9. The summed E-state index contributed by atoms with van der Waals surface area (Å²) < 4.78 is 11.1. The van der Waals surface area contributed by atoms with Crippen molar-refractivity contribution in [2.24, 2.45) is 0 Å². The Morgan fingerprint density at radius 3 is 2.42 bits per heavy atom. The molecule has 1 aromatic rings. The van der Waals surface area contributed by atoms with Gasteiger partial charge in [-0.2, -0.15) is 0 Å². The Bertz CT molecular complexity index is 450. The monoisotopic (exact) mass is 266 g/mol. The van der Waals surface area contributed by atoms with Crippen molar-refractivity contribution in [2.45, 2.75) is 26.4 Å². The van der Waals surface area contributed by atoms with Gasteiger partial charge >= 0.3 is 0 Å². The van der Waals surface area contributed by atoms with Crippen LogP contribution in [0.2, 0.25) is 0 Å². The number of aliphatic hydroxyl groups is 2. The molecule has 1 aromatic carbocycles. The zero-order valence-electron chi connectivity index (χ0n) is 11.9. The van der Waals surface area contributed by atoms with Crippen LogP contribution in [0.25, 0.3) is 6.08 Å². The highest BCUT2D eigenvalue weighted by atomic mass is 16.5. The SMILES string of the molecule is COc1cc(/C=C/CO)c(OC(C)(C)CO)cc1C. The van der Waals surface area contributed by atoms with Crippen molar-refractivity contribution in [2.75, 3.05) is 20.3 Å². The largest absolute Gasteiger partial charge is 0.496 e. The van der Waals surface area contributed by atoms with Gasteiger partial charge in [-0.1, -0.05) is 12.2 Å². The van der Waals surface area contributed by atoms with Crippen molar-refractivity contribution in [3.8, 4) is 11.5 Å². The second kappa shape index (κ2) is 6.59. The maximum absolute atomic E-state index is 9.28. The summed E-state index contributed by atoms with van der Waals surface area (Å²) in [5, 5.41) is 18.2. The van der Waals surface area contributed by atoms with Crippen LogP contribution in [-0.2, 0) is 0 Å². The van der Waals surface area contributed by atoms with Gasteiger partial charge in [0.25, 0.3) is 0 Å². The van der Waals surface area contributed by atoms with E-state index < -0.39 is 5.60 Å². The second-order valence-corrected chi connectivity index (χ2v) is 4.96. The average Bonchev–Trinajstić information content (AvgIpc) is 2.37. The minimum Gasteiger partial charge on any atom is -0.496 e. The zero-order chi connectivity index (χ0) is 14.5. The topological polar surface area (TPSA) is 58.9 Å². The first-order valence-corrected chi connectivity index (χ1v) is 6.19. The van der Waals surface area contributed by atoms with E-state index in [1.807, 2.05) is 32.9 Å². The van der Waals surface area contributed by atoms with Crippen LogP contribution in [0.4, 0.5) is 0 Å². The Kier molecular flexibility index (Phi) is 5.39. The molecule has 4 heteroatoms. The van der Waals surface area contributed by atoms with Crippen LogP contribution < -0.4 is 9.47 Å². The number of methoxy groups -OCH3 is 1. The fourth-order valence-electron chi connectivity index (χ4n) is 1.63. The molecule has 0 radical (unpaired) electrons. The standard InChI is InChI=1S/C15H22O4/c1-11-8-14(19-15(2,3)10-17)12(6-5-7-16)9-13(11)18-4/h5-6,8-9,16-17H,7,10H2,1-4H3/b6-5+. The van der Waals surface area contributed by atoms with Crippen LogP contribution >= 0.6 is 0 Å². The summed E-state index contributed by atoms with van der Waals surface area (Å²) in [7, 11) is 1.61. The van der Waals surface area contributed by atoms with Gasteiger partial charge < -0.3 is 19.7 Å². The van der Waals surface area contributed by atoms with E-state index in [-0.39, 0.29) is 13.2 Å². The van der Waals surface area contributed by atoms with Crippen LogP contribution in [0.1, 0.15) is 25.0 Å². The van der Waals surface area contributed by atoms with Gasteiger partial charge in [-0.15, -0.1) is 0 Å². The van der Waals surface area contributed by atoms with Gasteiger partial charge in [-0.05, 0) is 38.5 Å². The molecule has 0 unspecified atom stereocenters. The molecule has 0 aliphatic carbocycles. The van der Waals surface area contributed by atoms with E-state index in [0.29, 0.717) is 5.75 Å². The van der Waals surface area contributed by atoms with E-state index in [1.54, 1.807) is 19.3 Å². The van der Waals surface area contributed by atoms with Gasteiger partial charge in [0.2, 0.25) is 0 Å². The normalized spacial score (nSPS) is 11.9. The lowest BCUT2D eigenvalue weighted by molar-refractivity contribution is 0.0410. The third-order valence-corrected chi connectivity index (χ3v) is 2.70. The van der Waals surface area contributed by atoms with Crippen molar-refractivity contribution in [1.29, 1.82) is 0 Å². The molecule has 0 atom stereocenters. The number of hydrogen-bond donors (Lipinski definition) is 2. The first kappa shape index (κ1) is 15.5. The molecule has 106 valence electrons. The highest BCUT2D eigenvalue weighted by Gasteiger charge is 2.20. The lowest BCUT2D eigenvalue weighted by Gasteiger charge is -2.25. The molecule has 0 fully saturated rings. The third kappa shape index (κ3) is 4.26. The Morgan fingerprint density at radius 1 is 1.21 bits per heavy atom. The van der Waals surface area contributed by atoms with Gasteiger partial charge in [0.1, 0.15) is 17.1 Å². The summed E-state index contributed by atoms with van der Waals surface area (Å²) in [6.07, 6.45) is 3.40. The third-order valence-electron chi connectivity index (χ3n) is 2.70. The summed E-state index contributed by atoms with van der Waals surface area (Å²) in [5.41, 5.74) is 1.09. The van der Waals surface area contributed by atoms with Crippen molar-refractivity contribution in [3.05, 3.63) is 29.3 Å². The van der Waals surface area contributed by atoms with Crippen LogP contribution in [0.15, 0.2) is 18.2 Å². The van der Waals surface area contributed by atoms with Crippen LogP contribution in [0.5, 0.6) is 11.5 Å². The van der Waals surface area contributed by atoms with E-state index in [0.717, 1.165) is 16.9 Å². The Labute approximate surface area is 114 Å². The van der Waals surface area contributed by atoms with Crippen LogP contribution in [0.3, 0.4) is 0 Å². The van der Waals surface area contributed by atoms with Crippen molar-refractivity contribution >= 4 is 6.08 Å². The van der Waals surface area contributed by atoms with Crippen LogP contribution in [-0.4, -0.2) is 36.1 Å². The summed E-state index contributed by atoms with van der Waals surface area (Å²) in [6.45, 7) is 5.43. The Morgan fingerprint density at radius 2 is 1.89 bits per heavy atom. The predicted molar refractivity (Wildman–Crippen MR) is 75.6 cm³/mol. The molecule has 0 saturated heterocycles. The van der Waals surface area contributed by atoms with E-state index in [4.69, 9.17) is 14.6 Å². The Hall–Kier alpha value is -1.52. The molecular formula is C15H22O4. The summed E-state index contributed by atoms with van der Waals surface area (Å²) in [4.78, 5) is 0. The highest BCUT2D eigenvalue weighted by Crippen LogP contribution is 2.31. The molecular weight excluding hydrogens is 244 g/mol. The average molecular weight is 266 g/mol. The maximum atomic E-state index is 9.28. The number of aliphatic hydroxyl groups excluding tert-OH is 2. The van der Waals surface area contributed by atoms with E-state index in [2.05, 4.69) is 0 Å². The molecule has 0 aromatic heterocycles. The molecule has 0 spiro atoms. The molecule has 2 N–H and O–H groups in total. The van der Waals surface area contributed by atoms with Crippen molar-refractivity contribution in [1.82, 2.24) is 0 Å². The molecule has 0 saturated carbocycles. The highest BCUT2D eigenvalue weighted by molar-refractivity contribution is 5.61. The molecule has 0 bridgehead atoms. The molecule has 19 heavy (non-hydrogen) atoms. The summed E-state index contributed by atoms with van der Waals surface area (Å²) in [5.74, 6) is 1.41. The maximum Gasteiger partial charge on any atom is 0.127 e. The predicted octanol–water partition coefficient (Wildman–Crippen LogP) is 2.16. The van der Waals surface area contributed by atoms with Gasteiger partial charge in [0.05, 0.1) is 20.3 Å². The number of rotatable bonds is 6.